The van der Waals surface area contributed by atoms with E-state index in [0.29, 0.717) is 22.7 Å². The number of nitrogen functional groups attached to an aromatic ring is 1. The van der Waals surface area contributed by atoms with Gasteiger partial charge in [-0.15, -0.1) is 24.8 Å². The first-order valence-electron chi connectivity index (χ1n) is 7.63. The molecule has 0 spiro atoms. The number of nitrogens with zero attached hydrogens (tertiary/aromatic N) is 2. The fraction of sp³-hybridized carbons (Fsp3) is 0.294. The maximum absolute atomic E-state index is 12.3. The van der Waals surface area contributed by atoms with Crippen LogP contribution in [0.25, 0.3) is 0 Å². The number of benzene rings is 1. The molecule has 1 amide bonds. The Balaban J connectivity index is 0.00000156. The number of hydrogen-bond acceptors (Lipinski definition) is 5. The Hall–Kier alpha value is -2.18. The van der Waals surface area contributed by atoms with Gasteiger partial charge in [-0.1, -0.05) is 0 Å². The third kappa shape index (κ3) is 4.90. The van der Waals surface area contributed by atoms with Crippen molar-refractivity contribution in [2.24, 2.45) is 0 Å². The molecule has 2 aromatic rings. The van der Waals surface area contributed by atoms with Gasteiger partial charge in [-0.05, 0) is 37.1 Å². The lowest BCUT2D eigenvalue weighted by Gasteiger charge is -2.16. The number of aromatic nitrogens is 1. The zero-order valence-electron chi connectivity index (χ0n) is 13.9. The molecular formula is C17H22Cl2N4O2. The third-order valence-electron chi connectivity index (χ3n) is 3.95. The summed E-state index contributed by atoms with van der Waals surface area (Å²) in [6.45, 7) is 2.05. The molecular weight excluding hydrogens is 363 g/mol. The molecule has 1 aromatic heterocycles. The molecule has 3 N–H and O–H groups in total. The first-order chi connectivity index (χ1) is 11.2. The van der Waals surface area contributed by atoms with Crippen LogP contribution in [0.4, 0.5) is 17.2 Å². The monoisotopic (exact) mass is 384 g/mol. The first-order valence-corrected chi connectivity index (χ1v) is 7.63. The molecule has 136 valence electrons. The van der Waals surface area contributed by atoms with Gasteiger partial charge in [0.2, 0.25) is 0 Å². The molecule has 1 fully saturated rings. The van der Waals surface area contributed by atoms with Gasteiger partial charge in [-0.2, -0.15) is 0 Å². The minimum Gasteiger partial charge on any atom is -0.497 e. The van der Waals surface area contributed by atoms with Crippen LogP contribution in [0, 0.1) is 0 Å². The molecule has 0 atom stereocenters. The van der Waals surface area contributed by atoms with E-state index in [4.69, 9.17) is 10.5 Å². The maximum Gasteiger partial charge on any atom is 0.257 e. The minimum absolute atomic E-state index is 0. The molecule has 6 nitrogen and oxygen atoms in total. The van der Waals surface area contributed by atoms with E-state index in [1.54, 1.807) is 37.6 Å². The highest BCUT2D eigenvalue weighted by Gasteiger charge is 2.15. The highest BCUT2D eigenvalue weighted by Crippen LogP contribution is 2.25. The second-order valence-electron chi connectivity index (χ2n) is 5.51. The van der Waals surface area contributed by atoms with Crippen LogP contribution >= 0.6 is 24.8 Å². The molecule has 0 aliphatic carbocycles. The lowest BCUT2D eigenvalue weighted by atomic mass is 10.2. The lowest BCUT2D eigenvalue weighted by molar-refractivity contribution is 0.102. The van der Waals surface area contributed by atoms with Crippen molar-refractivity contribution in [1.29, 1.82) is 0 Å². The Labute approximate surface area is 159 Å². The van der Waals surface area contributed by atoms with Crippen LogP contribution in [-0.4, -0.2) is 31.1 Å². The average Bonchev–Trinajstić information content (AvgIpc) is 3.11. The minimum atomic E-state index is -0.245. The van der Waals surface area contributed by atoms with Crippen molar-refractivity contribution >= 4 is 47.9 Å². The smallest absolute Gasteiger partial charge is 0.257 e. The Morgan fingerprint density at radius 2 is 1.92 bits per heavy atom. The van der Waals surface area contributed by atoms with E-state index in [9.17, 15) is 4.79 Å². The van der Waals surface area contributed by atoms with Gasteiger partial charge in [0.1, 0.15) is 11.6 Å². The van der Waals surface area contributed by atoms with E-state index in [0.717, 1.165) is 18.9 Å². The largest absolute Gasteiger partial charge is 0.497 e. The van der Waals surface area contributed by atoms with E-state index >= 15 is 0 Å². The zero-order chi connectivity index (χ0) is 16.2. The highest BCUT2D eigenvalue weighted by atomic mass is 35.5. The molecule has 1 aromatic carbocycles. The number of nitrogens with one attached hydrogen (secondary N) is 1. The third-order valence-corrected chi connectivity index (χ3v) is 3.95. The number of nitrogens with two attached hydrogens (primary N) is 1. The second kappa shape index (κ2) is 9.34. The standard InChI is InChI=1S/C17H20N4O2.2ClH/c1-23-13-5-6-14(18)15(10-13)20-17(22)12-4-7-16(19-11-12)21-8-2-3-9-21;;/h4-7,10-11H,2-3,8-9,18H2,1H3,(H,20,22);2*1H. The summed E-state index contributed by atoms with van der Waals surface area (Å²) in [4.78, 5) is 19.0. The number of anilines is 3. The van der Waals surface area contributed by atoms with Crippen LogP contribution in [0.15, 0.2) is 36.5 Å². The number of hydrogen-bond donors (Lipinski definition) is 2. The normalized spacial score (nSPS) is 12.8. The summed E-state index contributed by atoms with van der Waals surface area (Å²) in [5.74, 6) is 1.31. The lowest BCUT2D eigenvalue weighted by Crippen LogP contribution is -2.19. The fourth-order valence-corrected chi connectivity index (χ4v) is 2.62. The van der Waals surface area contributed by atoms with E-state index in [1.807, 2.05) is 6.07 Å². The Kier molecular flexibility index (Phi) is 7.80. The Morgan fingerprint density at radius 3 is 2.52 bits per heavy atom. The summed E-state index contributed by atoms with van der Waals surface area (Å²) in [6, 6.07) is 8.81. The number of pyridine rings is 1. The molecule has 1 aliphatic rings. The van der Waals surface area contributed by atoms with Gasteiger partial charge >= 0.3 is 0 Å². The predicted molar refractivity (Wildman–Crippen MR) is 106 cm³/mol. The zero-order valence-corrected chi connectivity index (χ0v) is 15.5. The van der Waals surface area contributed by atoms with Crippen molar-refractivity contribution in [2.75, 3.05) is 36.1 Å². The summed E-state index contributed by atoms with van der Waals surface area (Å²) in [7, 11) is 1.57. The molecule has 0 bridgehead atoms. The second-order valence-corrected chi connectivity index (χ2v) is 5.51. The number of halogens is 2. The summed E-state index contributed by atoms with van der Waals surface area (Å²) < 4.78 is 5.15. The van der Waals surface area contributed by atoms with Gasteiger partial charge in [0.15, 0.2) is 0 Å². The quantitative estimate of drug-likeness (QED) is 0.789. The Bertz CT molecular complexity index is 704. The van der Waals surface area contributed by atoms with Crippen molar-refractivity contribution in [3.05, 3.63) is 42.1 Å². The fourth-order valence-electron chi connectivity index (χ4n) is 2.62. The van der Waals surface area contributed by atoms with E-state index < -0.39 is 0 Å². The van der Waals surface area contributed by atoms with Crippen LogP contribution in [0.2, 0.25) is 0 Å². The van der Waals surface area contributed by atoms with Gasteiger partial charge in [0.05, 0.1) is 24.0 Å². The number of carbonyl (C=O) groups is 1. The van der Waals surface area contributed by atoms with Gasteiger partial charge in [-0.25, -0.2) is 4.98 Å². The molecule has 1 aliphatic heterocycles. The molecule has 25 heavy (non-hydrogen) atoms. The van der Waals surface area contributed by atoms with Crippen molar-refractivity contribution in [3.63, 3.8) is 0 Å². The van der Waals surface area contributed by atoms with E-state index in [2.05, 4.69) is 15.2 Å². The van der Waals surface area contributed by atoms with Gasteiger partial charge in [0, 0.05) is 25.4 Å². The number of rotatable bonds is 4. The average molecular weight is 385 g/mol. The summed E-state index contributed by atoms with van der Waals surface area (Å²) in [5, 5.41) is 2.79. The van der Waals surface area contributed by atoms with Crippen LogP contribution in [0.1, 0.15) is 23.2 Å². The molecule has 1 saturated heterocycles. The molecule has 3 rings (SSSR count). The van der Waals surface area contributed by atoms with E-state index in [1.165, 1.54) is 12.8 Å². The predicted octanol–water partition coefficient (Wildman–Crippen LogP) is 3.37. The number of amides is 1. The maximum atomic E-state index is 12.3. The molecule has 0 radical (unpaired) electrons. The van der Waals surface area contributed by atoms with Crippen LogP contribution in [-0.2, 0) is 0 Å². The highest BCUT2D eigenvalue weighted by molar-refractivity contribution is 6.05. The van der Waals surface area contributed by atoms with Crippen LogP contribution in [0.3, 0.4) is 0 Å². The van der Waals surface area contributed by atoms with Crippen molar-refractivity contribution in [2.45, 2.75) is 12.8 Å². The molecule has 0 unspecified atom stereocenters. The first kappa shape index (κ1) is 20.9. The number of ether oxygens (including phenoxy) is 1. The number of methoxy groups -OCH3 is 1. The Morgan fingerprint density at radius 1 is 1.20 bits per heavy atom. The molecule has 0 saturated carbocycles. The SMILES string of the molecule is COc1ccc(N)c(NC(=O)c2ccc(N3CCCC3)nc2)c1.Cl.Cl. The topological polar surface area (TPSA) is 80.5 Å². The van der Waals surface area contributed by atoms with Gasteiger partial charge < -0.3 is 20.7 Å². The van der Waals surface area contributed by atoms with Crippen LogP contribution in [0.5, 0.6) is 5.75 Å². The molecule has 2 heterocycles. The summed E-state index contributed by atoms with van der Waals surface area (Å²) in [5.41, 5.74) is 7.39. The van der Waals surface area contributed by atoms with Crippen LogP contribution < -0.4 is 20.7 Å². The van der Waals surface area contributed by atoms with Gasteiger partial charge in [0.25, 0.3) is 5.91 Å². The van der Waals surface area contributed by atoms with Crippen molar-refractivity contribution in [1.82, 2.24) is 4.98 Å². The number of carbonyl (C=O) groups excluding carboxylic acids is 1. The molecule has 8 heteroatoms. The summed E-state index contributed by atoms with van der Waals surface area (Å²) >= 11 is 0. The van der Waals surface area contributed by atoms with E-state index in [-0.39, 0.29) is 30.7 Å². The van der Waals surface area contributed by atoms with Gasteiger partial charge in [-0.3, -0.25) is 4.79 Å². The summed E-state index contributed by atoms with van der Waals surface area (Å²) in [6.07, 6.45) is 3.98. The van der Waals surface area contributed by atoms with Crippen molar-refractivity contribution < 1.29 is 9.53 Å². The van der Waals surface area contributed by atoms with Crippen molar-refractivity contribution in [3.8, 4) is 5.75 Å².